The lowest BCUT2D eigenvalue weighted by atomic mass is 9.88. The first-order valence-electron chi connectivity index (χ1n) is 7.30. The molecule has 0 spiro atoms. The van der Waals surface area contributed by atoms with E-state index in [9.17, 15) is 5.11 Å². The molecule has 0 aromatic heterocycles. The highest BCUT2D eigenvalue weighted by atomic mass is 16.5. The van der Waals surface area contributed by atoms with Crippen LogP contribution in [-0.2, 0) is 12.8 Å². The highest BCUT2D eigenvalue weighted by Crippen LogP contribution is 2.25. The van der Waals surface area contributed by atoms with Gasteiger partial charge < -0.3 is 15.2 Å². The van der Waals surface area contributed by atoms with Crippen molar-refractivity contribution < 1.29 is 9.84 Å². The maximum atomic E-state index is 9.56. The molecule has 0 aliphatic heterocycles. The average Bonchev–Trinajstić information content (AvgIpc) is 2.46. The highest BCUT2D eigenvalue weighted by Gasteiger charge is 2.18. The van der Waals surface area contributed by atoms with Gasteiger partial charge in [-0.05, 0) is 61.9 Å². The van der Waals surface area contributed by atoms with Gasteiger partial charge in [-0.25, -0.2) is 0 Å². The van der Waals surface area contributed by atoms with E-state index in [1.807, 2.05) is 13.0 Å². The Kier molecular flexibility index (Phi) is 5.23. The van der Waals surface area contributed by atoms with E-state index in [-0.39, 0.29) is 6.10 Å². The predicted molar refractivity (Wildman–Crippen MR) is 77.7 cm³/mol. The summed E-state index contributed by atoms with van der Waals surface area (Å²) in [6.07, 6.45) is 4.90. The second kappa shape index (κ2) is 6.92. The van der Waals surface area contributed by atoms with Crippen molar-refractivity contribution in [1.29, 1.82) is 0 Å². The van der Waals surface area contributed by atoms with Crippen LogP contribution in [0.5, 0.6) is 5.75 Å². The van der Waals surface area contributed by atoms with Gasteiger partial charge in [0.05, 0.1) is 13.2 Å². The van der Waals surface area contributed by atoms with Crippen molar-refractivity contribution in [3.8, 4) is 5.75 Å². The van der Waals surface area contributed by atoms with E-state index in [0.29, 0.717) is 6.04 Å². The second-order valence-corrected chi connectivity index (χ2v) is 5.38. The third-order valence-corrected chi connectivity index (χ3v) is 4.02. The van der Waals surface area contributed by atoms with Gasteiger partial charge in [0.2, 0.25) is 0 Å². The molecule has 1 aromatic rings. The van der Waals surface area contributed by atoms with Gasteiger partial charge in [0.25, 0.3) is 0 Å². The lowest BCUT2D eigenvalue weighted by Crippen LogP contribution is -2.36. The van der Waals surface area contributed by atoms with Gasteiger partial charge in [0.1, 0.15) is 5.75 Å². The van der Waals surface area contributed by atoms with Crippen LogP contribution in [0.3, 0.4) is 0 Å². The molecule has 106 valence electrons. The van der Waals surface area contributed by atoms with Gasteiger partial charge in [-0.1, -0.05) is 13.0 Å². The number of nitrogens with one attached hydrogen (secondary N) is 1. The number of ether oxygens (including phenoxy) is 1. The zero-order valence-electron chi connectivity index (χ0n) is 12.0. The van der Waals surface area contributed by atoms with Crippen LogP contribution in [-0.4, -0.2) is 30.9 Å². The van der Waals surface area contributed by atoms with E-state index in [2.05, 4.69) is 17.4 Å². The molecular formula is C16H25NO2. The van der Waals surface area contributed by atoms with E-state index >= 15 is 0 Å². The first-order chi connectivity index (χ1) is 9.22. The summed E-state index contributed by atoms with van der Waals surface area (Å²) in [7, 11) is 1.71. The molecule has 1 aliphatic rings. The highest BCUT2D eigenvalue weighted by molar-refractivity contribution is 5.37. The largest absolute Gasteiger partial charge is 0.497 e. The van der Waals surface area contributed by atoms with Gasteiger partial charge in [0, 0.05) is 6.04 Å². The molecule has 3 nitrogen and oxygen atoms in total. The SMILES string of the molecule is CCC(O)CCNC1CCc2ccc(OC)cc2C1. The molecule has 0 heterocycles. The van der Waals surface area contributed by atoms with E-state index < -0.39 is 0 Å². The number of benzene rings is 1. The predicted octanol–water partition coefficient (Wildman–Crippen LogP) is 2.30. The van der Waals surface area contributed by atoms with Crippen molar-refractivity contribution >= 4 is 0 Å². The molecule has 2 atom stereocenters. The minimum absolute atomic E-state index is 0.163. The van der Waals surface area contributed by atoms with Gasteiger partial charge in [0.15, 0.2) is 0 Å². The number of aryl methyl sites for hydroxylation is 1. The minimum Gasteiger partial charge on any atom is -0.497 e. The number of rotatable bonds is 6. The Hall–Kier alpha value is -1.06. The molecule has 0 radical (unpaired) electrons. The topological polar surface area (TPSA) is 41.5 Å². The normalized spacial score (nSPS) is 19.8. The van der Waals surface area contributed by atoms with Crippen molar-refractivity contribution in [2.24, 2.45) is 0 Å². The number of hydrogen-bond donors (Lipinski definition) is 2. The summed E-state index contributed by atoms with van der Waals surface area (Å²) >= 11 is 0. The number of aliphatic hydroxyl groups is 1. The molecular weight excluding hydrogens is 238 g/mol. The summed E-state index contributed by atoms with van der Waals surface area (Å²) in [6, 6.07) is 6.92. The maximum Gasteiger partial charge on any atom is 0.119 e. The molecule has 1 aliphatic carbocycles. The molecule has 19 heavy (non-hydrogen) atoms. The molecule has 2 unspecified atom stereocenters. The number of fused-ring (bicyclic) bond motifs is 1. The zero-order chi connectivity index (χ0) is 13.7. The third-order valence-electron chi connectivity index (χ3n) is 4.02. The quantitative estimate of drug-likeness (QED) is 0.827. The van der Waals surface area contributed by atoms with Crippen LogP contribution in [0.2, 0.25) is 0 Å². The third kappa shape index (κ3) is 3.95. The molecule has 0 fully saturated rings. The first-order valence-corrected chi connectivity index (χ1v) is 7.30. The Balaban J connectivity index is 1.86. The molecule has 1 aromatic carbocycles. The molecule has 0 saturated carbocycles. The molecule has 0 amide bonds. The summed E-state index contributed by atoms with van der Waals surface area (Å²) in [4.78, 5) is 0. The molecule has 2 rings (SSSR count). The van der Waals surface area contributed by atoms with Crippen molar-refractivity contribution in [3.63, 3.8) is 0 Å². The van der Waals surface area contributed by atoms with Crippen LogP contribution in [0.4, 0.5) is 0 Å². The van der Waals surface area contributed by atoms with Crippen LogP contribution in [0.25, 0.3) is 0 Å². The Bertz CT molecular complexity index is 406. The fraction of sp³-hybridized carbons (Fsp3) is 0.625. The Morgan fingerprint density at radius 2 is 2.26 bits per heavy atom. The van der Waals surface area contributed by atoms with Crippen molar-refractivity contribution in [2.75, 3.05) is 13.7 Å². The van der Waals surface area contributed by atoms with Gasteiger partial charge in [-0.3, -0.25) is 0 Å². The smallest absolute Gasteiger partial charge is 0.119 e. The lowest BCUT2D eigenvalue weighted by molar-refractivity contribution is 0.158. The Labute approximate surface area is 116 Å². The van der Waals surface area contributed by atoms with E-state index in [4.69, 9.17) is 4.74 Å². The summed E-state index contributed by atoms with van der Waals surface area (Å²) < 4.78 is 5.29. The molecule has 0 bridgehead atoms. The summed E-state index contributed by atoms with van der Waals surface area (Å²) in [5.41, 5.74) is 2.85. The number of aliphatic hydroxyl groups excluding tert-OH is 1. The summed E-state index contributed by atoms with van der Waals surface area (Å²) in [5.74, 6) is 0.945. The van der Waals surface area contributed by atoms with E-state index in [1.165, 1.54) is 17.5 Å². The number of methoxy groups -OCH3 is 1. The standard InChI is InChI=1S/C16H25NO2/c1-3-15(18)8-9-17-14-6-4-12-5-7-16(19-2)11-13(12)10-14/h5,7,11,14-15,17-18H,3-4,6,8-10H2,1-2H3. The lowest BCUT2D eigenvalue weighted by Gasteiger charge is -2.26. The van der Waals surface area contributed by atoms with Gasteiger partial charge >= 0.3 is 0 Å². The minimum atomic E-state index is -0.163. The second-order valence-electron chi connectivity index (χ2n) is 5.38. The van der Waals surface area contributed by atoms with Crippen molar-refractivity contribution in [1.82, 2.24) is 5.32 Å². The van der Waals surface area contributed by atoms with E-state index in [0.717, 1.165) is 38.0 Å². The van der Waals surface area contributed by atoms with E-state index in [1.54, 1.807) is 7.11 Å². The van der Waals surface area contributed by atoms with Crippen LogP contribution in [0, 0.1) is 0 Å². The Morgan fingerprint density at radius 3 is 3.00 bits per heavy atom. The summed E-state index contributed by atoms with van der Waals surface area (Å²) in [6.45, 7) is 2.92. The average molecular weight is 263 g/mol. The molecule has 0 saturated heterocycles. The Morgan fingerprint density at radius 1 is 1.42 bits per heavy atom. The van der Waals surface area contributed by atoms with Crippen LogP contribution in [0.1, 0.15) is 37.3 Å². The fourth-order valence-electron chi connectivity index (χ4n) is 2.69. The van der Waals surface area contributed by atoms with Crippen molar-refractivity contribution in [2.45, 2.75) is 51.2 Å². The first kappa shape index (κ1) is 14.4. The van der Waals surface area contributed by atoms with Gasteiger partial charge in [-0.15, -0.1) is 0 Å². The molecule has 3 heteroatoms. The monoisotopic (exact) mass is 263 g/mol. The molecule has 2 N–H and O–H groups in total. The zero-order valence-corrected chi connectivity index (χ0v) is 12.0. The van der Waals surface area contributed by atoms with Crippen LogP contribution >= 0.6 is 0 Å². The van der Waals surface area contributed by atoms with Gasteiger partial charge in [-0.2, -0.15) is 0 Å². The van der Waals surface area contributed by atoms with Crippen molar-refractivity contribution in [3.05, 3.63) is 29.3 Å². The maximum absolute atomic E-state index is 9.56. The van der Waals surface area contributed by atoms with Crippen LogP contribution in [0.15, 0.2) is 18.2 Å². The summed E-state index contributed by atoms with van der Waals surface area (Å²) in [5, 5.41) is 13.1. The number of hydrogen-bond acceptors (Lipinski definition) is 3. The van der Waals surface area contributed by atoms with Crippen LogP contribution < -0.4 is 10.1 Å². The fourth-order valence-corrected chi connectivity index (χ4v) is 2.69.